The van der Waals surface area contributed by atoms with Crippen molar-refractivity contribution >= 4 is 29.4 Å². The smallest absolute Gasteiger partial charge is 0.324 e. The Labute approximate surface area is 231 Å². The Morgan fingerprint density at radius 1 is 0.975 bits per heavy atom. The third-order valence-electron chi connectivity index (χ3n) is 9.43. The van der Waals surface area contributed by atoms with Crippen LogP contribution in [0.5, 0.6) is 0 Å². The molecule has 0 unspecified atom stereocenters. The van der Waals surface area contributed by atoms with E-state index in [9.17, 15) is 28.0 Å². The topological polar surface area (TPSA) is 98.8 Å². The monoisotopic (exact) mass is 550 g/mol. The maximum absolute atomic E-state index is 14.1. The first kappa shape index (κ1) is 26.4. The minimum atomic E-state index is -0.968. The van der Waals surface area contributed by atoms with Gasteiger partial charge >= 0.3 is 6.03 Å². The number of halogens is 2. The van der Waals surface area contributed by atoms with E-state index in [0.717, 1.165) is 49.3 Å². The van der Waals surface area contributed by atoms with Crippen molar-refractivity contribution in [2.24, 2.45) is 5.41 Å². The van der Waals surface area contributed by atoms with Crippen molar-refractivity contribution in [3.8, 4) is 0 Å². The van der Waals surface area contributed by atoms with Gasteiger partial charge in [0.2, 0.25) is 11.8 Å². The van der Waals surface area contributed by atoms with Gasteiger partial charge in [0.15, 0.2) is 0 Å². The first-order valence-corrected chi connectivity index (χ1v) is 13.9. The number of hydrogen-bond donors (Lipinski definition) is 2. The molecule has 2 atom stereocenters. The van der Waals surface area contributed by atoms with Crippen molar-refractivity contribution in [2.75, 3.05) is 18.9 Å². The normalized spacial score (nSPS) is 25.5. The molecule has 1 saturated carbocycles. The molecular formula is C30H32F2N4O4. The van der Waals surface area contributed by atoms with E-state index in [0.29, 0.717) is 36.9 Å². The number of nitrogens with zero attached hydrogens (tertiary/aromatic N) is 2. The van der Waals surface area contributed by atoms with E-state index < -0.39 is 40.6 Å². The number of hydrogen-bond acceptors (Lipinski definition) is 4. The molecule has 10 heteroatoms. The molecule has 2 aromatic carbocycles. The van der Waals surface area contributed by atoms with Crippen LogP contribution in [0.1, 0.15) is 67.7 Å². The summed E-state index contributed by atoms with van der Waals surface area (Å²) in [4.78, 5) is 54.9. The summed E-state index contributed by atoms with van der Waals surface area (Å²) in [6.07, 6.45) is 6.35. The van der Waals surface area contributed by atoms with E-state index in [1.165, 1.54) is 21.9 Å². The molecule has 2 aliphatic heterocycles. The molecule has 0 radical (unpaired) electrons. The second-order valence-electron chi connectivity index (χ2n) is 11.8. The number of urea groups is 1. The third-order valence-corrected chi connectivity index (χ3v) is 9.43. The molecule has 2 aromatic rings. The van der Waals surface area contributed by atoms with Crippen LogP contribution < -0.4 is 10.6 Å². The van der Waals surface area contributed by atoms with E-state index >= 15 is 0 Å². The molecule has 0 aromatic heterocycles. The van der Waals surface area contributed by atoms with Crippen LogP contribution in [0.15, 0.2) is 36.4 Å². The van der Waals surface area contributed by atoms with Gasteiger partial charge in [0, 0.05) is 37.1 Å². The predicted octanol–water partition coefficient (Wildman–Crippen LogP) is 4.24. The van der Waals surface area contributed by atoms with Crippen LogP contribution in [0, 0.1) is 17.0 Å². The van der Waals surface area contributed by atoms with Gasteiger partial charge in [0.25, 0.3) is 5.91 Å². The molecule has 2 N–H and O–H groups in total. The van der Waals surface area contributed by atoms with Gasteiger partial charge < -0.3 is 15.1 Å². The highest BCUT2D eigenvalue weighted by atomic mass is 19.1. The lowest BCUT2D eigenvalue weighted by Crippen LogP contribution is -2.53. The number of imide groups is 1. The number of benzene rings is 2. The highest BCUT2D eigenvalue weighted by Crippen LogP contribution is 2.49. The first-order chi connectivity index (χ1) is 19.1. The number of carbonyl (C=O) groups is 4. The molecule has 40 heavy (non-hydrogen) atoms. The molecule has 0 bridgehead atoms. The molecule has 210 valence electrons. The average molecular weight is 551 g/mol. The predicted molar refractivity (Wildman–Crippen MR) is 142 cm³/mol. The highest BCUT2D eigenvalue weighted by Gasteiger charge is 2.54. The summed E-state index contributed by atoms with van der Waals surface area (Å²) < 4.78 is 28.2. The Bertz CT molecular complexity index is 1400. The zero-order valence-electron chi connectivity index (χ0n) is 22.4. The van der Waals surface area contributed by atoms with E-state index in [2.05, 4.69) is 10.6 Å². The molecule has 8 nitrogen and oxygen atoms in total. The molecule has 2 spiro atoms. The van der Waals surface area contributed by atoms with Crippen LogP contribution >= 0.6 is 0 Å². The molecule has 3 fully saturated rings. The maximum atomic E-state index is 14.1. The Kier molecular flexibility index (Phi) is 6.39. The van der Waals surface area contributed by atoms with Crippen LogP contribution in [0.25, 0.3) is 0 Å². The minimum absolute atomic E-state index is 0.126. The van der Waals surface area contributed by atoms with E-state index in [1.807, 2.05) is 6.07 Å². The fraction of sp³-hybridized carbons (Fsp3) is 0.467. The van der Waals surface area contributed by atoms with Gasteiger partial charge in [-0.2, -0.15) is 0 Å². The third kappa shape index (κ3) is 4.33. The largest absolute Gasteiger partial charge is 0.326 e. The van der Waals surface area contributed by atoms with Crippen molar-refractivity contribution < 1.29 is 28.0 Å². The van der Waals surface area contributed by atoms with Gasteiger partial charge in [-0.3, -0.25) is 19.7 Å². The van der Waals surface area contributed by atoms with E-state index in [1.54, 1.807) is 19.2 Å². The number of rotatable bonds is 4. The van der Waals surface area contributed by atoms with Crippen molar-refractivity contribution in [3.05, 3.63) is 64.7 Å². The standard InChI is InChI=1S/C30H32F2N4O4/c1-35-28(40)34-26(38)30(35)15-18-5-6-23(13-20(18)16-30)33-25(37)17-36-24(19-11-21(31)14-22(32)12-19)7-10-29(27(36)39)8-3-2-4-9-29/h5-6,11-14,24H,2-4,7-10,15-17H2,1H3,(H,33,37)(H,34,38,40)/t24-,30-/m0/s1. The van der Waals surface area contributed by atoms with Crippen molar-refractivity contribution in [3.63, 3.8) is 0 Å². The number of fused-ring (bicyclic) bond motifs is 1. The van der Waals surface area contributed by atoms with E-state index in [4.69, 9.17) is 0 Å². The number of piperidine rings is 1. The Morgan fingerprint density at radius 2 is 1.68 bits per heavy atom. The van der Waals surface area contributed by atoms with Crippen LogP contribution in [-0.2, 0) is 27.2 Å². The van der Waals surface area contributed by atoms with Crippen LogP contribution in [0.4, 0.5) is 19.3 Å². The summed E-state index contributed by atoms with van der Waals surface area (Å²) in [6, 6.07) is 7.62. The zero-order chi connectivity index (χ0) is 28.2. The molecule has 6 rings (SSSR count). The number of carbonyl (C=O) groups excluding carboxylic acids is 4. The average Bonchev–Trinajstić information content (AvgIpc) is 3.39. The summed E-state index contributed by atoms with van der Waals surface area (Å²) in [5, 5.41) is 5.25. The van der Waals surface area contributed by atoms with E-state index in [-0.39, 0.29) is 18.4 Å². The molecule has 2 aliphatic carbocycles. The Morgan fingerprint density at radius 3 is 2.35 bits per heavy atom. The van der Waals surface area contributed by atoms with Gasteiger partial charge in [-0.1, -0.05) is 25.3 Å². The minimum Gasteiger partial charge on any atom is -0.326 e. The van der Waals surface area contributed by atoms with Crippen LogP contribution in [0.3, 0.4) is 0 Å². The number of likely N-dealkylation sites (tertiary alicyclic amines) is 1. The second-order valence-corrected chi connectivity index (χ2v) is 11.8. The lowest BCUT2D eigenvalue weighted by Gasteiger charge is -2.47. The van der Waals surface area contributed by atoms with Crippen LogP contribution in [0.2, 0.25) is 0 Å². The summed E-state index contributed by atoms with van der Waals surface area (Å²) in [7, 11) is 1.60. The summed E-state index contributed by atoms with van der Waals surface area (Å²) in [5.74, 6) is -2.31. The molecule has 5 amide bonds. The molecule has 2 saturated heterocycles. The fourth-order valence-electron chi connectivity index (χ4n) is 7.24. The number of anilines is 1. The van der Waals surface area contributed by atoms with Gasteiger partial charge in [0.05, 0.1) is 6.04 Å². The number of likely N-dealkylation sites (N-methyl/N-ethyl adjacent to an activating group) is 1. The van der Waals surface area contributed by atoms with Gasteiger partial charge in [0.1, 0.15) is 23.7 Å². The van der Waals surface area contributed by atoms with Crippen molar-refractivity contribution in [1.29, 1.82) is 0 Å². The lowest BCUT2D eigenvalue weighted by atomic mass is 9.67. The summed E-state index contributed by atoms with van der Waals surface area (Å²) in [5.41, 5.74) is 1.14. The van der Waals surface area contributed by atoms with Gasteiger partial charge in [-0.25, -0.2) is 13.6 Å². The summed E-state index contributed by atoms with van der Waals surface area (Å²) in [6.45, 7) is -0.246. The van der Waals surface area contributed by atoms with Crippen molar-refractivity contribution in [1.82, 2.24) is 15.1 Å². The van der Waals surface area contributed by atoms with Gasteiger partial charge in [-0.05, 0) is 66.6 Å². The SMILES string of the molecule is CN1C(=O)NC(=O)[C@@]12Cc1ccc(NC(=O)CN3C(=O)C4(CCCCC4)CC[C@H]3c3cc(F)cc(F)c3)cc1C2. The zero-order valence-corrected chi connectivity index (χ0v) is 22.4. The first-order valence-electron chi connectivity index (χ1n) is 13.9. The Balaban J connectivity index is 1.22. The van der Waals surface area contributed by atoms with Gasteiger partial charge in [-0.15, -0.1) is 0 Å². The molecular weight excluding hydrogens is 518 g/mol. The second kappa shape index (κ2) is 9.67. The van der Waals surface area contributed by atoms with Crippen molar-refractivity contribution in [2.45, 2.75) is 69.4 Å². The lowest BCUT2D eigenvalue weighted by molar-refractivity contribution is -0.155. The quantitative estimate of drug-likeness (QED) is 0.557. The maximum Gasteiger partial charge on any atom is 0.324 e. The number of nitrogens with one attached hydrogen (secondary N) is 2. The molecule has 2 heterocycles. The van der Waals surface area contributed by atoms with Crippen LogP contribution in [-0.4, -0.2) is 52.7 Å². The fourth-order valence-corrected chi connectivity index (χ4v) is 7.24. The number of amides is 5. The Hall–Kier alpha value is -3.82. The summed E-state index contributed by atoms with van der Waals surface area (Å²) >= 11 is 0. The highest BCUT2D eigenvalue weighted by molar-refractivity contribution is 6.07. The molecule has 4 aliphatic rings.